The molecule has 0 bridgehead atoms. The van der Waals surface area contributed by atoms with Gasteiger partial charge in [-0.25, -0.2) is 4.39 Å². The van der Waals surface area contributed by atoms with E-state index in [4.69, 9.17) is 5.73 Å². The van der Waals surface area contributed by atoms with E-state index in [1.165, 1.54) is 12.1 Å². The molecule has 1 amide bonds. The standard InChI is InChI=1S/C13H17FN2O/c1-8-5-9(7-10(14)6-8)12-11(13(15)17)3-2-4-16-12/h5-7,11-12,16H,2-4H2,1H3,(H2,15,17). The minimum absolute atomic E-state index is 0.157. The smallest absolute Gasteiger partial charge is 0.222 e. The first-order valence-electron chi connectivity index (χ1n) is 5.87. The second-order valence-corrected chi connectivity index (χ2v) is 4.64. The van der Waals surface area contributed by atoms with E-state index in [0.29, 0.717) is 0 Å². The topological polar surface area (TPSA) is 55.1 Å². The van der Waals surface area contributed by atoms with Gasteiger partial charge < -0.3 is 11.1 Å². The number of rotatable bonds is 2. The molecule has 0 aliphatic carbocycles. The number of aryl methyl sites for hydroxylation is 1. The van der Waals surface area contributed by atoms with Gasteiger partial charge in [0.1, 0.15) is 5.82 Å². The highest BCUT2D eigenvalue weighted by atomic mass is 19.1. The van der Waals surface area contributed by atoms with Crippen molar-refractivity contribution in [2.24, 2.45) is 11.7 Å². The molecule has 1 fully saturated rings. The maximum Gasteiger partial charge on any atom is 0.222 e. The minimum Gasteiger partial charge on any atom is -0.369 e. The average Bonchev–Trinajstić information content (AvgIpc) is 2.27. The lowest BCUT2D eigenvalue weighted by atomic mass is 9.85. The van der Waals surface area contributed by atoms with Crippen molar-refractivity contribution in [1.29, 1.82) is 0 Å². The molecule has 1 aromatic carbocycles. The number of piperidine rings is 1. The van der Waals surface area contributed by atoms with Gasteiger partial charge in [-0.15, -0.1) is 0 Å². The number of primary amides is 1. The molecule has 92 valence electrons. The number of hydrogen-bond acceptors (Lipinski definition) is 2. The lowest BCUT2D eigenvalue weighted by Gasteiger charge is -2.31. The Morgan fingerprint density at radius 3 is 2.88 bits per heavy atom. The predicted molar refractivity (Wildman–Crippen MR) is 63.8 cm³/mol. The van der Waals surface area contributed by atoms with Crippen molar-refractivity contribution in [1.82, 2.24) is 5.32 Å². The van der Waals surface area contributed by atoms with Crippen LogP contribution >= 0.6 is 0 Å². The second-order valence-electron chi connectivity index (χ2n) is 4.64. The third kappa shape index (κ3) is 2.64. The molecule has 1 saturated heterocycles. The maximum absolute atomic E-state index is 13.4. The Kier molecular flexibility index (Phi) is 3.43. The van der Waals surface area contributed by atoms with Gasteiger partial charge in [0, 0.05) is 6.04 Å². The number of carbonyl (C=O) groups is 1. The van der Waals surface area contributed by atoms with Crippen LogP contribution in [0.15, 0.2) is 18.2 Å². The summed E-state index contributed by atoms with van der Waals surface area (Å²) in [6, 6.07) is 4.70. The van der Waals surface area contributed by atoms with Gasteiger partial charge >= 0.3 is 0 Å². The Hall–Kier alpha value is -1.42. The number of benzene rings is 1. The van der Waals surface area contributed by atoms with E-state index in [9.17, 15) is 9.18 Å². The molecular formula is C13H17FN2O. The van der Waals surface area contributed by atoms with E-state index < -0.39 is 0 Å². The summed E-state index contributed by atoms with van der Waals surface area (Å²) in [5, 5.41) is 3.25. The summed E-state index contributed by atoms with van der Waals surface area (Å²) < 4.78 is 13.4. The van der Waals surface area contributed by atoms with Crippen molar-refractivity contribution in [3.8, 4) is 0 Å². The molecule has 0 saturated carbocycles. The lowest BCUT2D eigenvalue weighted by Crippen LogP contribution is -2.41. The van der Waals surface area contributed by atoms with Gasteiger partial charge in [0.2, 0.25) is 5.91 Å². The Balaban J connectivity index is 2.32. The highest BCUT2D eigenvalue weighted by molar-refractivity contribution is 5.77. The summed E-state index contributed by atoms with van der Waals surface area (Å²) in [4.78, 5) is 11.4. The van der Waals surface area contributed by atoms with Crippen LogP contribution in [0.2, 0.25) is 0 Å². The zero-order valence-corrected chi connectivity index (χ0v) is 9.87. The molecule has 3 N–H and O–H groups in total. The van der Waals surface area contributed by atoms with Crippen LogP contribution in [0.4, 0.5) is 4.39 Å². The molecular weight excluding hydrogens is 219 g/mol. The van der Waals surface area contributed by atoms with E-state index in [-0.39, 0.29) is 23.7 Å². The fourth-order valence-corrected chi connectivity index (χ4v) is 2.49. The number of carbonyl (C=O) groups excluding carboxylic acids is 1. The van der Waals surface area contributed by atoms with Crippen LogP contribution in [0.5, 0.6) is 0 Å². The summed E-state index contributed by atoms with van der Waals surface area (Å²) in [5.74, 6) is -0.829. The summed E-state index contributed by atoms with van der Waals surface area (Å²) in [6.07, 6.45) is 1.70. The third-order valence-corrected chi connectivity index (χ3v) is 3.25. The highest BCUT2D eigenvalue weighted by Gasteiger charge is 2.30. The molecule has 0 spiro atoms. The molecule has 0 aromatic heterocycles. The van der Waals surface area contributed by atoms with Crippen LogP contribution < -0.4 is 11.1 Å². The molecule has 2 unspecified atom stereocenters. The van der Waals surface area contributed by atoms with Gasteiger partial charge in [0.25, 0.3) is 0 Å². The summed E-state index contributed by atoms with van der Waals surface area (Å²) >= 11 is 0. The van der Waals surface area contributed by atoms with Gasteiger partial charge in [-0.2, -0.15) is 0 Å². The molecule has 2 rings (SSSR count). The fraction of sp³-hybridized carbons (Fsp3) is 0.462. The predicted octanol–water partition coefficient (Wildman–Crippen LogP) is 1.66. The molecule has 3 nitrogen and oxygen atoms in total. The normalized spacial score (nSPS) is 24.6. The van der Waals surface area contributed by atoms with Gasteiger partial charge in [-0.05, 0) is 49.6 Å². The van der Waals surface area contributed by atoms with Gasteiger partial charge in [-0.3, -0.25) is 4.79 Å². The minimum atomic E-state index is -0.316. The SMILES string of the molecule is Cc1cc(F)cc(C2NCCCC2C(N)=O)c1. The largest absolute Gasteiger partial charge is 0.369 e. The van der Waals surface area contributed by atoms with Crippen molar-refractivity contribution >= 4 is 5.91 Å². The Morgan fingerprint density at radius 2 is 2.24 bits per heavy atom. The molecule has 17 heavy (non-hydrogen) atoms. The van der Waals surface area contributed by atoms with Gasteiger partial charge in [0.05, 0.1) is 5.92 Å². The molecule has 1 heterocycles. The monoisotopic (exact) mass is 236 g/mol. The summed E-state index contributed by atoms with van der Waals surface area (Å²) in [7, 11) is 0. The van der Waals surface area contributed by atoms with Crippen LogP contribution in [0.3, 0.4) is 0 Å². The van der Waals surface area contributed by atoms with E-state index in [2.05, 4.69) is 5.32 Å². The zero-order chi connectivity index (χ0) is 12.4. The quantitative estimate of drug-likeness (QED) is 0.820. The van der Waals surface area contributed by atoms with Crippen molar-refractivity contribution < 1.29 is 9.18 Å². The third-order valence-electron chi connectivity index (χ3n) is 3.25. The molecule has 1 aromatic rings. The molecule has 1 aliphatic rings. The first kappa shape index (κ1) is 12.0. The number of nitrogens with one attached hydrogen (secondary N) is 1. The second kappa shape index (κ2) is 4.84. The lowest BCUT2D eigenvalue weighted by molar-refractivity contribution is -0.123. The van der Waals surface area contributed by atoms with Crippen LogP contribution in [-0.4, -0.2) is 12.5 Å². The Bertz CT molecular complexity index is 413. The van der Waals surface area contributed by atoms with E-state index >= 15 is 0 Å². The number of halogens is 1. The average molecular weight is 236 g/mol. The first-order valence-corrected chi connectivity index (χ1v) is 5.87. The van der Waals surface area contributed by atoms with Gasteiger partial charge in [0.15, 0.2) is 0 Å². The maximum atomic E-state index is 13.4. The molecule has 0 radical (unpaired) electrons. The summed E-state index contributed by atoms with van der Waals surface area (Å²) in [5.41, 5.74) is 7.07. The highest BCUT2D eigenvalue weighted by Crippen LogP contribution is 2.29. The van der Waals surface area contributed by atoms with Gasteiger partial charge in [-0.1, -0.05) is 6.07 Å². The van der Waals surface area contributed by atoms with E-state index in [0.717, 1.165) is 30.5 Å². The molecule has 2 atom stereocenters. The van der Waals surface area contributed by atoms with Crippen molar-refractivity contribution in [3.05, 3.63) is 35.1 Å². The van der Waals surface area contributed by atoms with Crippen molar-refractivity contribution in [2.75, 3.05) is 6.54 Å². The van der Waals surface area contributed by atoms with Crippen LogP contribution in [-0.2, 0) is 4.79 Å². The Morgan fingerprint density at radius 1 is 1.47 bits per heavy atom. The Labute approximate surface area is 100 Å². The fourth-order valence-electron chi connectivity index (χ4n) is 2.49. The number of hydrogen-bond donors (Lipinski definition) is 2. The van der Waals surface area contributed by atoms with E-state index in [1.54, 1.807) is 0 Å². The van der Waals surface area contributed by atoms with Crippen LogP contribution in [0.1, 0.15) is 30.0 Å². The van der Waals surface area contributed by atoms with Crippen LogP contribution in [0, 0.1) is 18.7 Å². The van der Waals surface area contributed by atoms with Crippen molar-refractivity contribution in [3.63, 3.8) is 0 Å². The van der Waals surface area contributed by atoms with Crippen molar-refractivity contribution in [2.45, 2.75) is 25.8 Å². The first-order chi connectivity index (χ1) is 8.08. The zero-order valence-electron chi connectivity index (χ0n) is 9.87. The molecule has 4 heteroatoms. The number of amides is 1. The molecule has 1 aliphatic heterocycles. The van der Waals surface area contributed by atoms with E-state index in [1.807, 2.05) is 13.0 Å². The number of nitrogens with two attached hydrogens (primary N) is 1. The summed E-state index contributed by atoms with van der Waals surface area (Å²) in [6.45, 7) is 2.68. The van der Waals surface area contributed by atoms with Crippen LogP contribution in [0.25, 0.3) is 0 Å².